The van der Waals surface area contributed by atoms with E-state index in [4.69, 9.17) is 4.42 Å². The Morgan fingerprint density at radius 2 is 2.12 bits per heavy atom. The molecule has 0 saturated heterocycles. The Labute approximate surface area is 108 Å². The lowest BCUT2D eigenvalue weighted by Crippen LogP contribution is -2.13. The minimum atomic E-state index is 0.735. The first-order valence-electron chi connectivity index (χ1n) is 5.11. The highest BCUT2D eigenvalue weighted by molar-refractivity contribution is 14.1. The van der Waals surface area contributed by atoms with Gasteiger partial charge in [-0.1, -0.05) is 6.07 Å². The van der Waals surface area contributed by atoms with E-state index in [1.54, 1.807) is 0 Å². The van der Waals surface area contributed by atoms with E-state index in [0.717, 1.165) is 34.0 Å². The van der Waals surface area contributed by atoms with Gasteiger partial charge < -0.3 is 9.73 Å². The predicted molar refractivity (Wildman–Crippen MR) is 70.9 cm³/mol. The van der Waals surface area contributed by atoms with E-state index in [1.165, 1.54) is 0 Å². The quantitative estimate of drug-likeness (QED) is 0.877. The fourth-order valence-electron chi connectivity index (χ4n) is 1.46. The topological polar surface area (TPSA) is 38.1 Å². The van der Waals surface area contributed by atoms with E-state index in [1.807, 2.05) is 37.3 Å². The van der Waals surface area contributed by atoms with Gasteiger partial charge in [-0.3, -0.25) is 4.98 Å². The van der Waals surface area contributed by atoms with Crippen LogP contribution in [0.25, 0.3) is 0 Å². The smallest absolute Gasteiger partial charge is 0.164 e. The van der Waals surface area contributed by atoms with Crippen LogP contribution in [0, 0.1) is 10.7 Å². The van der Waals surface area contributed by atoms with Gasteiger partial charge in [0.05, 0.1) is 12.2 Å². The molecule has 0 bridgehead atoms. The zero-order valence-corrected chi connectivity index (χ0v) is 11.2. The molecule has 84 valence electrons. The van der Waals surface area contributed by atoms with Crippen molar-refractivity contribution in [1.82, 2.24) is 10.3 Å². The summed E-state index contributed by atoms with van der Waals surface area (Å²) in [4.78, 5) is 4.41. The molecule has 2 aromatic heterocycles. The molecule has 0 aliphatic heterocycles. The predicted octanol–water partition coefficient (Wildman–Crippen LogP) is 2.88. The van der Waals surface area contributed by atoms with Crippen molar-refractivity contribution >= 4 is 22.6 Å². The lowest BCUT2D eigenvalue weighted by atomic mass is 10.3. The van der Waals surface area contributed by atoms with Crippen LogP contribution < -0.4 is 5.32 Å². The SMILES string of the molecule is Cc1cccc(CNCc2ccc(I)o2)n1. The van der Waals surface area contributed by atoms with E-state index in [0.29, 0.717) is 0 Å². The molecule has 0 saturated carbocycles. The van der Waals surface area contributed by atoms with Crippen molar-refractivity contribution in [2.24, 2.45) is 0 Å². The minimum Gasteiger partial charge on any atom is -0.454 e. The second-order valence-corrected chi connectivity index (χ2v) is 4.64. The van der Waals surface area contributed by atoms with Crippen LogP contribution in [-0.2, 0) is 13.1 Å². The number of halogens is 1. The molecule has 0 aliphatic carbocycles. The van der Waals surface area contributed by atoms with Crippen molar-refractivity contribution < 1.29 is 4.42 Å². The summed E-state index contributed by atoms with van der Waals surface area (Å²) in [5.41, 5.74) is 2.10. The van der Waals surface area contributed by atoms with Gasteiger partial charge in [0.25, 0.3) is 0 Å². The van der Waals surface area contributed by atoms with Gasteiger partial charge in [0.1, 0.15) is 5.76 Å². The van der Waals surface area contributed by atoms with Crippen molar-refractivity contribution in [2.75, 3.05) is 0 Å². The Balaban J connectivity index is 1.84. The van der Waals surface area contributed by atoms with Crippen LogP contribution in [0.3, 0.4) is 0 Å². The maximum Gasteiger partial charge on any atom is 0.164 e. The highest BCUT2D eigenvalue weighted by Crippen LogP contribution is 2.09. The first-order chi connectivity index (χ1) is 7.74. The molecule has 0 radical (unpaired) electrons. The van der Waals surface area contributed by atoms with Gasteiger partial charge in [-0.15, -0.1) is 0 Å². The summed E-state index contributed by atoms with van der Waals surface area (Å²) in [5.74, 6) is 0.956. The molecule has 0 aromatic carbocycles. The summed E-state index contributed by atoms with van der Waals surface area (Å²) < 4.78 is 6.37. The molecule has 2 rings (SSSR count). The van der Waals surface area contributed by atoms with E-state index in [2.05, 4.69) is 32.9 Å². The molecule has 0 spiro atoms. The van der Waals surface area contributed by atoms with E-state index in [-0.39, 0.29) is 0 Å². The van der Waals surface area contributed by atoms with Crippen LogP contribution >= 0.6 is 22.6 Å². The highest BCUT2D eigenvalue weighted by atomic mass is 127. The summed E-state index contributed by atoms with van der Waals surface area (Å²) in [6.45, 7) is 3.50. The van der Waals surface area contributed by atoms with Gasteiger partial charge in [-0.2, -0.15) is 0 Å². The lowest BCUT2D eigenvalue weighted by molar-refractivity contribution is 0.462. The number of nitrogens with zero attached hydrogens (tertiary/aromatic N) is 1. The number of aryl methyl sites for hydroxylation is 1. The second-order valence-electron chi connectivity index (χ2n) is 3.58. The maximum atomic E-state index is 5.45. The molecular formula is C12H13IN2O. The third-order valence-electron chi connectivity index (χ3n) is 2.18. The third-order valence-corrected chi connectivity index (χ3v) is 2.76. The molecular weight excluding hydrogens is 315 g/mol. The van der Waals surface area contributed by atoms with Gasteiger partial charge in [0.15, 0.2) is 3.77 Å². The number of hydrogen-bond donors (Lipinski definition) is 1. The largest absolute Gasteiger partial charge is 0.454 e. The normalized spacial score (nSPS) is 10.6. The van der Waals surface area contributed by atoms with Crippen molar-refractivity contribution in [1.29, 1.82) is 0 Å². The first kappa shape index (κ1) is 11.6. The maximum absolute atomic E-state index is 5.45. The molecule has 4 heteroatoms. The van der Waals surface area contributed by atoms with Crippen molar-refractivity contribution in [2.45, 2.75) is 20.0 Å². The van der Waals surface area contributed by atoms with Crippen LogP contribution in [0.5, 0.6) is 0 Å². The van der Waals surface area contributed by atoms with Gasteiger partial charge in [0.2, 0.25) is 0 Å². The summed E-state index contributed by atoms with van der Waals surface area (Å²) in [7, 11) is 0. The van der Waals surface area contributed by atoms with Crippen LogP contribution in [0.15, 0.2) is 34.7 Å². The Kier molecular flexibility index (Phi) is 3.95. The Hall–Kier alpha value is -0.880. The minimum absolute atomic E-state index is 0.735. The monoisotopic (exact) mass is 328 g/mol. The fraction of sp³-hybridized carbons (Fsp3) is 0.250. The van der Waals surface area contributed by atoms with Crippen molar-refractivity contribution in [3.8, 4) is 0 Å². The summed E-state index contributed by atoms with van der Waals surface area (Å²) in [5, 5.41) is 3.30. The standard InChI is InChI=1S/C12H13IN2O/c1-9-3-2-4-10(15-9)7-14-8-11-5-6-12(13)16-11/h2-6,14H,7-8H2,1H3. The van der Waals surface area contributed by atoms with Crippen LogP contribution in [0.2, 0.25) is 0 Å². The van der Waals surface area contributed by atoms with E-state index in [9.17, 15) is 0 Å². The molecule has 1 N–H and O–H groups in total. The fourth-order valence-corrected chi connectivity index (χ4v) is 1.92. The van der Waals surface area contributed by atoms with Gasteiger partial charge in [0, 0.05) is 12.2 Å². The highest BCUT2D eigenvalue weighted by Gasteiger charge is 1.99. The molecule has 3 nitrogen and oxygen atoms in total. The summed E-state index contributed by atoms with van der Waals surface area (Å²) in [6.07, 6.45) is 0. The van der Waals surface area contributed by atoms with Crippen molar-refractivity contribution in [3.63, 3.8) is 0 Å². The molecule has 2 aromatic rings. The Morgan fingerprint density at radius 3 is 2.81 bits per heavy atom. The molecule has 16 heavy (non-hydrogen) atoms. The number of pyridine rings is 1. The zero-order valence-electron chi connectivity index (χ0n) is 9.03. The molecule has 2 heterocycles. The average molecular weight is 328 g/mol. The lowest BCUT2D eigenvalue weighted by Gasteiger charge is -2.02. The number of nitrogens with one attached hydrogen (secondary N) is 1. The Bertz CT molecular complexity index is 468. The van der Waals surface area contributed by atoms with E-state index >= 15 is 0 Å². The van der Waals surface area contributed by atoms with Crippen molar-refractivity contribution in [3.05, 3.63) is 51.2 Å². The van der Waals surface area contributed by atoms with Gasteiger partial charge in [-0.25, -0.2) is 0 Å². The number of aromatic nitrogens is 1. The molecule has 0 atom stereocenters. The van der Waals surface area contributed by atoms with Gasteiger partial charge >= 0.3 is 0 Å². The Morgan fingerprint density at radius 1 is 1.25 bits per heavy atom. The number of furan rings is 1. The average Bonchev–Trinajstić information content (AvgIpc) is 2.64. The van der Waals surface area contributed by atoms with Crippen LogP contribution in [0.1, 0.15) is 17.1 Å². The molecule has 0 amide bonds. The molecule has 0 aliphatic rings. The molecule has 0 fully saturated rings. The third kappa shape index (κ3) is 3.31. The number of rotatable bonds is 4. The van der Waals surface area contributed by atoms with Gasteiger partial charge in [-0.05, 0) is 53.8 Å². The van der Waals surface area contributed by atoms with Crippen LogP contribution in [-0.4, -0.2) is 4.98 Å². The van der Waals surface area contributed by atoms with Crippen LogP contribution in [0.4, 0.5) is 0 Å². The molecule has 0 unspecified atom stereocenters. The first-order valence-corrected chi connectivity index (χ1v) is 6.19. The summed E-state index contributed by atoms with van der Waals surface area (Å²) >= 11 is 2.16. The van der Waals surface area contributed by atoms with E-state index < -0.39 is 0 Å². The second kappa shape index (κ2) is 5.45. The summed E-state index contributed by atoms with van der Waals surface area (Å²) in [6, 6.07) is 9.99. The number of hydrogen-bond acceptors (Lipinski definition) is 3. The zero-order chi connectivity index (χ0) is 11.4.